The molecule has 54 valence electrons. The Balaban J connectivity index is 0. The molecule has 0 saturated carbocycles. The lowest BCUT2D eigenvalue weighted by molar-refractivity contribution is 1.51. The summed E-state index contributed by atoms with van der Waals surface area (Å²) in [6, 6.07) is 2.19. The zero-order valence-electron chi connectivity index (χ0n) is 5.38. The molecule has 1 rings (SSSR count). The molecule has 0 aliphatic carbocycles. The Bertz CT molecular complexity index is 143. The zero-order chi connectivity index (χ0) is 5.28. The van der Waals surface area contributed by atoms with Crippen LogP contribution >= 0.6 is 36.2 Å². The van der Waals surface area contributed by atoms with Gasteiger partial charge in [-0.1, -0.05) is 0 Å². The summed E-state index contributed by atoms with van der Waals surface area (Å²) in [4.78, 5) is 1.40. The van der Waals surface area contributed by atoms with E-state index in [2.05, 4.69) is 25.3 Å². The highest BCUT2D eigenvalue weighted by molar-refractivity contribution is 7.10. The van der Waals surface area contributed by atoms with E-state index >= 15 is 0 Å². The fourth-order valence-corrected chi connectivity index (χ4v) is 1.27. The lowest BCUT2D eigenvalue weighted by Crippen LogP contribution is -1.53. The average molecular weight is 185 g/mol. The maximum absolute atomic E-state index is 2.19. The third-order valence-corrected chi connectivity index (χ3v) is 1.84. The highest BCUT2D eigenvalue weighted by Gasteiger charge is 1.84. The minimum absolute atomic E-state index is 0. The van der Waals surface area contributed by atoms with Crippen LogP contribution < -0.4 is 0 Å². The molecule has 0 saturated heterocycles. The fraction of sp³-hybridized carbons (Fsp3) is 0.333. The van der Waals surface area contributed by atoms with Crippen molar-refractivity contribution in [1.29, 1.82) is 0 Å². The van der Waals surface area contributed by atoms with Crippen LogP contribution in [0.2, 0.25) is 0 Å². The van der Waals surface area contributed by atoms with Gasteiger partial charge in [0, 0.05) is 4.88 Å². The Hall–Kier alpha value is 0.280. The molecule has 0 atom stereocenters. The Morgan fingerprint density at radius 1 is 1.22 bits per heavy atom. The van der Waals surface area contributed by atoms with Crippen molar-refractivity contribution in [2.75, 3.05) is 0 Å². The van der Waals surface area contributed by atoms with Gasteiger partial charge in [0.2, 0.25) is 0 Å². The summed E-state index contributed by atoms with van der Waals surface area (Å²) >= 11 is 1.80. The smallest absolute Gasteiger partial charge is 0.00169 e. The van der Waals surface area contributed by atoms with Gasteiger partial charge in [-0.2, -0.15) is 0 Å². The van der Waals surface area contributed by atoms with Gasteiger partial charge in [0.25, 0.3) is 0 Å². The van der Waals surface area contributed by atoms with Crippen LogP contribution in [0.15, 0.2) is 11.4 Å². The highest BCUT2D eigenvalue weighted by Crippen LogP contribution is 2.10. The van der Waals surface area contributed by atoms with Crippen molar-refractivity contribution in [3.05, 3.63) is 21.9 Å². The van der Waals surface area contributed by atoms with E-state index in [9.17, 15) is 0 Å². The van der Waals surface area contributed by atoms with E-state index in [1.54, 1.807) is 11.3 Å². The van der Waals surface area contributed by atoms with Gasteiger partial charge in [0.05, 0.1) is 0 Å². The van der Waals surface area contributed by atoms with E-state index in [4.69, 9.17) is 0 Å². The maximum Gasteiger partial charge on any atom is 0.00169 e. The lowest BCUT2D eigenvalue weighted by Gasteiger charge is -1.70. The molecule has 0 spiro atoms. The monoisotopic (exact) mass is 184 g/mol. The summed E-state index contributed by atoms with van der Waals surface area (Å²) in [6.07, 6.45) is 0. The van der Waals surface area contributed by atoms with E-state index in [1.807, 2.05) is 0 Å². The standard InChI is InChI=1S/C6H8S.2ClH/c1-5-3-6(2)7-4-5;;/h3-4H,1-2H3;2*1H. The quantitative estimate of drug-likeness (QED) is 0.582. The van der Waals surface area contributed by atoms with Crippen molar-refractivity contribution in [3.63, 3.8) is 0 Å². The molecule has 0 aliphatic heterocycles. The Labute approximate surface area is 72.1 Å². The Kier molecular flexibility index (Phi) is 6.80. The van der Waals surface area contributed by atoms with Gasteiger partial charge in [0.1, 0.15) is 0 Å². The van der Waals surface area contributed by atoms with Crippen LogP contribution in [-0.4, -0.2) is 0 Å². The van der Waals surface area contributed by atoms with Crippen LogP contribution in [0.3, 0.4) is 0 Å². The average Bonchev–Trinajstić information content (AvgIpc) is 1.87. The molecule has 0 nitrogen and oxygen atoms in total. The summed E-state index contributed by atoms with van der Waals surface area (Å²) < 4.78 is 0. The summed E-state index contributed by atoms with van der Waals surface area (Å²) in [5.41, 5.74) is 1.38. The molecule has 1 heterocycles. The van der Waals surface area contributed by atoms with Crippen LogP contribution in [0.1, 0.15) is 10.4 Å². The van der Waals surface area contributed by atoms with E-state index in [-0.39, 0.29) is 24.8 Å². The second-order valence-corrected chi connectivity index (χ2v) is 2.85. The number of hydrogen-bond donors (Lipinski definition) is 0. The SMILES string of the molecule is Cc1csc(C)c1.Cl.Cl. The van der Waals surface area contributed by atoms with E-state index in [1.165, 1.54) is 10.4 Å². The first-order valence-corrected chi connectivity index (χ1v) is 3.19. The maximum atomic E-state index is 2.19. The van der Waals surface area contributed by atoms with Crippen molar-refractivity contribution in [1.82, 2.24) is 0 Å². The predicted molar refractivity (Wildman–Crippen MR) is 48.3 cm³/mol. The molecule has 1 aromatic rings. The van der Waals surface area contributed by atoms with E-state index < -0.39 is 0 Å². The van der Waals surface area contributed by atoms with E-state index in [0.717, 1.165) is 0 Å². The molecular formula is C6H10Cl2S. The van der Waals surface area contributed by atoms with Crippen LogP contribution in [0.4, 0.5) is 0 Å². The van der Waals surface area contributed by atoms with Crippen LogP contribution in [0.5, 0.6) is 0 Å². The molecule has 0 fully saturated rings. The van der Waals surface area contributed by atoms with Crippen LogP contribution in [0, 0.1) is 13.8 Å². The number of hydrogen-bond acceptors (Lipinski definition) is 1. The van der Waals surface area contributed by atoms with Crippen molar-refractivity contribution < 1.29 is 0 Å². The second kappa shape index (κ2) is 5.10. The third kappa shape index (κ3) is 3.79. The Morgan fingerprint density at radius 2 is 1.78 bits per heavy atom. The van der Waals surface area contributed by atoms with Gasteiger partial charge in [-0.3, -0.25) is 0 Å². The predicted octanol–water partition coefficient (Wildman–Crippen LogP) is 3.21. The molecule has 0 bridgehead atoms. The molecule has 0 unspecified atom stereocenters. The molecule has 9 heavy (non-hydrogen) atoms. The van der Waals surface area contributed by atoms with E-state index in [0.29, 0.717) is 0 Å². The van der Waals surface area contributed by atoms with Gasteiger partial charge < -0.3 is 0 Å². The molecule has 0 aliphatic rings. The highest BCUT2D eigenvalue weighted by atomic mass is 35.5. The number of thiophene rings is 1. The topological polar surface area (TPSA) is 0 Å². The van der Waals surface area contributed by atoms with Gasteiger partial charge in [-0.05, 0) is 30.9 Å². The van der Waals surface area contributed by atoms with Crippen LogP contribution in [-0.2, 0) is 0 Å². The van der Waals surface area contributed by atoms with Gasteiger partial charge in [0.15, 0.2) is 0 Å². The lowest BCUT2D eigenvalue weighted by atomic mass is 10.4. The summed E-state index contributed by atoms with van der Waals surface area (Å²) in [5, 5.41) is 2.16. The molecule has 0 N–H and O–H groups in total. The number of aryl methyl sites for hydroxylation is 2. The Morgan fingerprint density at radius 3 is 1.89 bits per heavy atom. The fourth-order valence-electron chi connectivity index (χ4n) is 0.575. The van der Waals surface area contributed by atoms with Gasteiger partial charge >= 0.3 is 0 Å². The molecule has 3 heteroatoms. The summed E-state index contributed by atoms with van der Waals surface area (Å²) in [7, 11) is 0. The van der Waals surface area contributed by atoms with Gasteiger partial charge in [-0.15, -0.1) is 36.2 Å². The molecule has 0 aromatic carbocycles. The summed E-state index contributed by atoms with van der Waals surface area (Å²) in [5.74, 6) is 0. The van der Waals surface area contributed by atoms with Crippen molar-refractivity contribution in [3.8, 4) is 0 Å². The minimum Gasteiger partial charge on any atom is -0.149 e. The first kappa shape index (κ1) is 12.0. The number of rotatable bonds is 0. The van der Waals surface area contributed by atoms with Crippen molar-refractivity contribution in [2.24, 2.45) is 0 Å². The van der Waals surface area contributed by atoms with Crippen molar-refractivity contribution >= 4 is 36.2 Å². The molecule has 0 radical (unpaired) electrons. The second-order valence-electron chi connectivity index (χ2n) is 1.73. The molecular weight excluding hydrogens is 175 g/mol. The van der Waals surface area contributed by atoms with Gasteiger partial charge in [-0.25, -0.2) is 0 Å². The largest absolute Gasteiger partial charge is 0.149 e. The first-order valence-electron chi connectivity index (χ1n) is 2.31. The molecule has 0 amide bonds. The first-order chi connectivity index (χ1) is 3.29. The minimum atomic E-state index is 0. The zero-order valence-corrected chi connectivity index (χ0v) is 7.83. The third-order valence-electron chi connectivity index (χ3n) is 0.862. The number of halogens is 2. The summed E-state index contributed by atoms with van der Waals surface area (Å²) in [6.45, 7) is 4.24. The van der Waals surface area contributed by atoms with Crippen molar-refractivity contribution in [2.45, 2.75) is 13.8 Å². The normalized spacial score (nSPS) is 7.33. The molecule has 1 aromatic heterocycles. The van der Waals surface area contributed by atoms with Crippen LogP contribution in [0.25, 0.3) is 0 Å².